The number of nitrogens with zero attached hydrogens (tertiary/aromatic N) is 2. The average molecular weight is 249 g/mol. The first-order valence-electron chi connectivity index (χ1n) is 5.24. The highest BCUT2D eigenvalue weighted by Gasteiger charge is 2.06. The molecule has 0 unspecified atom stereocenters. The molecule has 0 atom stereocenters. The Hall–Kier alpha value is -1.81. The van der Waals surface area contributed by atoms with Crippen molar-refractivity contribution in [1.82, 2.24) is 9.97 Å². The summed E-state index contributed by atoms with van der Waals surface area (Å²) in [5, 5.41) is 3.35. The highest BCUT2D eigenvalue weighted by Crippen LogP contribution is 2.20. The molecular formula is C12H13ClN4. The van der Waals surface area contributed by atoms with Gasteiger partial charge in [0, 0.05) is 6.54 Å². The van der Waals surface area contributed by atoms with Gasteiger partial charge >= 0.3 is 0 Å². The van der Waals surface area contributed by atoms with Crippen LogP contribution in [-0.4, -0.2) is 9.97 Å². The molecule has 0 aliphatic heterocycles. The van der Waals surface area contributed by atoms with Gasteiger partial charge in [-0.1, -0.05) is 30.3 Å². The van der Waals surface area contributed by atoms with Gasteiger partial charge in [-0.15, -0.1) is 0 Å². The molecule has 0 amide bonds. The van der Waals surface area contributed by atoms with Gasteiger partial charge in [-0.2, -0.15) is 4.98 Å². The third-order valence-electron chi connectivity index (χ3n) is 2.41. The Balaban J connectivity index is 2.14. The number of nitrogen functional groups attached to an aromatic ring is 1. The lowest BCUT2D eigenvalue weighted by atomic mass is 10.2. The minimum atomic E-state index is 0.201. The fourth-order valence-corrected chi connectivity index (χ4v) is 1.68. The van der Waals surface area contributed by atoms with Crippen LogP contribution in [0.15, 0.2) is 30.3 Å². The second-order valence-corrected chi connectivity index (χ2v) is 4.02. The fourth-order valence-electron chi connectivity index (χ4n) is 1.46. The van der Waals surface area contributed by atoms with E-state index in [1.807, 2.05) is 30.3 Å². The predicted molar refractivity (Wildman–Crippen MR) is 70.0 cm³/mol. The normalized spacial score (nSPS) is 10.2. The zero-order valence-electron chi connectivity index (χ0n) is 9.44. The van der Waals surface area contributed by atoms with Gasteiger partial charge < -0.3 is 11.1 Å². The minimum absolute atomic E-state index is 0.201. The first kappa shape index (κ1) is 11.7. The van der Waals surface area contributed by atoms with Crippen molar-refractivity contribution < 1.29 is 0 Å². The van der Waals surface area contributed by atoms with Crippen LogP contribution in [0.4, 0.5) is 11.5 Å². The summed E-state index contributed by atoms with van der Waals surface area (Å²) in [5.74, 6) is 0.575. The summed E-state index contributed by atoms with van der Waals surface area (Å²) in [6, 6.07) is 10.00. The quantitative estimate of drug-likeness (QED) is 0.820. The Morgan fingerprint density at radius 2 is 1.94 bits per heavy atom. The van der Waals surface area contributed by atoms with Crippen molar-refractivity contribution in [1.29, 1.82) is 0 Å². The summed E-state index contributed by atoms with van der Waals surface area (Å²) in [5.41, 5.74) is 8.24. The molecule has 0 fully saturated rings. The summed E-state index contributed by atoms with van der Waals surface area (Å²) >= 11 is 5.79. The van der Waals surface area contributed by atoms with Gasteiger partial charge in [-0.25, -0.2) is 4.98 Å². The molecule has 17 heavy (non-hydrogen) atoms. The molecule has 0 saturated heterocycles. The van der Waals surface area contributed by atoms with Crippen LogP contribution in [0, 0.1) is 6.92 Å². The summed E-state index contributed by atoms with van der Waals surface area (Å²) in [6.07, 6.45) is 0. The summed E-state index contributed by atoms with van der Waals surface area (Å²) < 4.78 is 0. The van der Waals surface area contributed by atoms with Gasteiger partial charge in [0.15, 0.2) is 5.82 Å². The molecule has 0 bridgehead atoms. The topological polar surface area (TPSA) is 63.8 Å². The summed E-state index contributed by atoms with van der Waals surface area (Å²) in [4.78, 5) is 8.04. The van der Waals surface area contributed by atoms with Gasteiger partial charge in [-0.05, 0) is 24.1 Å². The van der Waals surface area contributed by atoms with Gasteiger partial charge in [-0.3, -0.25) is 0 Å². The van der Waals surface area contributed by atoms with Crippen molar-refractivity contribution >= 4 is 23.1 Å². The van der Waals surface area contributed by atoms with Crippen LogP contribution in [0.3, 0.4) is 0 Å². The second-order valence-electron chi connectivity index (χ2n) is 3.68. The number of anilines is 2. The zero-order chi connectivity index (χ0) is 12.3. The van der Waals surface area contributed by atoms with Gasteiger partial charge in [0.25, 0.3) is 0 Å². The summed E-state index contributed by atoms with van der Waals surface area (Å²) in [7, 11) is 0. The first-order valence-corrected chi connectivity index (χ1v) is 5.62. The van der Waals surface area contributed by atoms with Crippen molar-refractivity contribution in [2.75, 3.05) is 11.1 Å². The van der Waals surface area contributed by atoms with Crippen molar-refractivity contribution in [3.05, 3.63) is 46.9 Å². The van der Waals surface area contributed by atoms with E-state index in [2.05, 4.69) is 15.3 Å². The van der Waals surface area contributed by atoms with Gasteiger partial charge in [0.05, 0.1) is 11.4 Å². The second kappa shape index (κ2) is 5.01. The van der Waals surface area contributed by atoms with E-state index in [4.69, 9.17) is 17.3 Å². The Kier molecular flexibility index (Phi) is 3.44. The molecule has 3 N–H and O–H groups in total. The zero-order valence-corrected chi connectivity index (χ0v) is 10.2. The van der Waals surface area contributed by atoms with E-state index in [-0.39, 0.29) is 5.28 Å². The Bertz CT molecular complexity index is 513. The Morgan fingerprint density at radius 1 is 1.24 bits per heavy atom. The molecule has 0 aliphatic carbocycles. The van der Waals surface area contributed by atoms with Crippen molar-refractivity contribution in [2.24, 2.45) is 0 Å². The monoisotopic (exact) mass is 248 g/mol. The van der Waals surface area contributed by atoms with E-state index >= 15 is 0 Å². The van der Waals surface area contributed by atoms with E-state index < -0.39 is 0 Å². The van der Waals surface area contributed by atoms with Crippen molar-refractivity contribution in [3.8, 4) is 0 Å². The minimum Gasteiger partial charge on any atom is -0.394 e. The van der Waals surface area contributed by atoms with E-state index in [1.165, 1.54) is 0 Å². The number of hydrogen-bond acceptors (Lipinski definition) is 4. The van der Waals surface area contributed by atoms with E-state index in [0.717, 1.165) is 5.56 Å². The van der Waals surface area contributed by atoms with Crippen LogP contribution in [0.2, 0.25) is 5.28 Å². The largest absolute Gasteiger partial charge is 0.394 e. The van der Waals surface area contributed by atoms with Crippen molar-refractivity contribution in [3.63, 3.8) is 0 Å². The summed E-state index contributed by atoms with van der Waals surface area (Å²) in [6.45, 7) is 2.45. The number of aromatic nitrogens is 2. The van der Waals surface area contributed by atoms with Crippen molar-refractivity contribution in [2.45, 2.75) is 13.5 Å². The molecule has 0 spiro atoms. The number of benzene rings is 1. The molecule has 2 aromatic rings. The van der Waals surface area contributed by atoms with Crippen LogP contribution >= 0.6 is 11.6 Å². The number of rotatable bonds is 3. The highest BCUT2D eigenvalue weighted by atomic mass is 35.5. The number of nitrogens with two attached hydrogens (primary N) is 1. The molecule has 0 saturated carbocycles. The standard InChI is InChI=1S/C12H13ClN4/c1-8-10(14)11(17-12(13)16-8)15-7-9-5-3-2-4-6-9/h2-6H,7,14H2,1H3,(H,15,16,17). The van der Waals surface area contributed by atoms with E-state index in [0.29, 0.717) is 23.7 Å². The highest BCUT2D eigenvalue weighted by molar-refractivity contribution is 6.28. The number of hydrogen-bond donors (Lipinski definition) is 2. The van der Waals surface area contributed by atoms with Gasteiger partial charge in [0.2, 0.25) is 5.28 Å². The predicted octanol–water partition coefficient (Wildman–Crippen LogP) is 2.63. The van der Waals surface area contributed by atoms with Gasteiger partial charge in [0.1, 0.15) is 0 Å². The molecule has 1 aromatic carbocycles. The Labute approximate surface area is 105 Å². The number of halogens is 1. The average Bonchev–Trinajstić information content (AvgIpc) is 2.33. The smallest absolute Gasteiger partial charge is 0.224 e. The molecule has 4 nitrogen and oxygen atoms in total. The lowest BCUT2D eigenvalue weighted by Crippen LogP contribution is -2.07. The maximum atomic E-state index is 5.87. The number of aryl methyl sites for hydroxylation is 1. The van der Waals surface area contributed by atoms with Crippen LogP contribution < -0.4 is 11.1 Å². The Morgan fingerprint density at radius 3 is 2.65 bits per heavy atom. The molecular weight excluding hydrogens is 236 g/mol. The molecule has 1 aromatic heterocycles. The molecule has 1 heterocycles. The SMILES string of the molecule is Cc1nc(Cl)nc(NCc2ccccc2)c1N. The van der Waals surface area contributed by atoms with Crippen LogP contribution in [-0.2, 0) is 6.54 Å². The van der Waals surface area contributed by atoms with Crippen LogP contribution in [0.5, 0.6) is 0 Å². The molecule has 2 rings (SSSR count). The lowest BCUT2D eigenvalue weighted by Gasteiger charge is -2.10. The maximum Gasteiger partial charge on any atom is 0.224 e. The first-order chi connectivity index (χ1) is 8.16. The third kappa shape index (κ3) is 2.85. The third-order valence-corrected chi connectivity index (χ3v) is 2.58. The molecule has 0 aliphatic rings. The lowest BCUT2D eigenvalue weighted by molar-refractivity contribution is 1.06. The maximum absolute atomic E-state index is 5.87. The fraction of sp³-hybridized carbons (Fsp3) is 0.167. The molecule has 0 radical (unpaired) electrons. The molecule has 5 heteroatoms. The van der Waals surface area contributed by atoms with Crippen LogP contribution in [0.25, 0.3) is 0 Å². The van der Waals surface area contributed by atoms with Crippen LogP contribution in [0.1, 0.15) is 11.3 Å². The van der Waals surface area contributed by atoms with E-state index in [9.17, 15) is 0 Å². The molecule has 88 valence electrons. The number of nitrogens with one attached hydrogen (secondary N) is 1. The van der Waals surface area contributed by atoms with E-state index in [1.54, 1.807) is 6.92 Å².